The third kappa shape index (κ3) is 8.82. The van der Waals surface area contributed by atoms with Gasteiger partial charge in [0.1, 0.15) is 0 Å². The van der Waals surface area contributed by atoms with Crippen LogP contribution in [0.25, 0.3) is 0 Å². The van der Waals surface area contributed by atoms with Gasteiger partial charge in [0.2, 0.25) is 0 Å². The molecule has 0 aromatic rings. The van der Waals surface area contributed by atoms with Crippen LogP contribution in [0.4, 0.5) is 0 Å². The van der Waals surface area contributed by atoms with Crippen molar-refractivity contribution in [1.29, 1.82) is 0 Å². The summed E-state index contributed by atoms with van der Waals surface area (Å²) >= 11 is 0.300. The molecular weight excluding hydrogens is 345 g/mol. The van der Waals surface area contributed by atoms with Crippen molar-refractivity contribution >= 4 is 46.9 Å². The molecule has 18 valence electrons. The first-order valence-electron chi connectivity index (χ1n) is 0.204. The molecule has 0 fully saturated rings. The van der Waals surface area contributed by atoms with Gasteiger partial charge in [-0.1, -0.05) is 0 Å². The Labute approximate surface area is 81.1 Å². The maximum atomic E-state index is 8.34. The molecule has 0 aliphatic heterocycles. The SMILES string of the molecule is [O]=[Sn].[Sb].[Y]. The average Bonchev–Trinajstić information content (AvgIpc) is 1.00. The zero-order valence-corrected chi connectivity index (χ0v) is 10.2. The van der Waals surface area contributed by atoms with E-state index in [0.717, 1.165) is 0 Å². The van der Waals surface area contributed by atoms with Gasteiger partial charge in [-0.25, -0.2) is 0 Å². The van der Waals surface area contributed by atoms with Crippen LogP contribution in [0.15, 0.2) is 0 Å². The van der Waals surface area contributed by atoms with Crippen LogP contribution >= 0.6 is 0 Å². The molecule has 0 unspecified atom stereocenters. The number of rotatable bonds is 0. The van der Waals surface area contributed by atoms with Gasteiger partial charge in [0, 0.05) is 57.1 Å². The first-order chi connectivity index (χ1) is 1.00. The molecule has 0 heterocycles. The van der Waals surface area contributed by atoms with Gasteiger partial charge in [-0.2, -0.15) is 0 Å². The van der Waals surface area contributed by atoms with Crippen LogP contribution in [0.3, 0.4) is 0 Å². The molecule has 0 atom stereocenters. The Kier molecular flexibility index (Phi) is 71.2. The van der Waals surface area contributed by atoms with Crippen LogP contribution in [0, 0.1) is 0 Å². The van der Waals surface area contributed by atoms with Gasteiger partial charge in [-0.15, -0.1) is 0 Å². The van der Waals surface area contributed by atoms with Gasteiger partial charge in [0.15, 0.2) is 0 Å². The van der Waals surface area contributed by atoms with Gasteiger partial charge >= 0.3 is 25.6 Å². The fourth-order valence-corrected chi connectivity index (χ4v) is 0. The van der Waals surface area contributed by atoms with Crippen molar-refractivity contribution in [3.8, 4) is 0 Å². The summed E-state index contributed by atoms with van der Waals surface area (Å²) in [6, 6.07) is 0. The number of hydrogen-bond acceptors (Lipinski definition) is 1. The quantitative estimate of drug-likeness (QED) is 0.521. The summed E-state index contributed by atoms with van der Waals surface area (Å²) < 4.78 is 8.34. The molecule has 0 aliphatic carbocycles. The molecule has 4 heteroatoms. The summed E-state index contributed by atoms with van der Waals surface area (Å²) in [5, 5.41) is 0. The molecule has 0 aromatic heterocycles. The third-order valence-electron chi connectivity index (χ3n) is 0. The Morgan fingerprint density at radius 1 is 1.25 bits per heavy atom. The van der Waals surface area contributed by atoms with Crippen LogP contribution in [0.1, 0.15) is 0 Å². The van der Waals surface area contributed by atoms with Crippen molar-refractivity contribution in [2.24, 2.45) is 0 Å². The fraction of sp³-hybridized carbons (Fsp3) is 0. The van der Waals surface area contributed by atoms with E-state index in [1.807, 2.05) is 0 Å². The summed E-state index contributed by atoms with van der Waals surface area (Å²) in [6.07, 6.45) is 0. The van der Waals surface area contributed by atoms with E-state index in [9.17, 15) is 0 Å². The minimum atomic E-state index is 0. The van der Waals surface area contributed by atoms with Crippen molar-refractivity contribution in [3.63, 3.8) is 0 Å². The molecule has 0 amide bonds. The van der Waals surface area contributed by atoms with Gasteiger partial charge in [-0.3, -0.25) is 0 Å². The van der Waals surface area contributed by atoms with E-state index < -0.39 is 0 Å². The Morgan fingerprint density at radius 2 is 1.25 bits per heavy atom. The Balaban J connectivity index is -0.00000000500. The summed E-state index contributed by atoms with van der Waals surface area (Å²) in [6.45, 7) is 0. The van der Waals surface area contributed by atoms with Crippen LogP contribution in [-0.4, -0.2) is 46.9 Å². The van der Waals surface area contributed by atoms with E-state index >= 15 is 0 Å². The second-order valence-electron chi connectivity index (χ2n) is 0. The Bertz CT molecular complexity index is 8.00. The molecule has 0 rings (SSSR count). The normalized spacial score (nSPS) is 1.00. The topological polar surface area (TPSA) is 17.1 Å². The molecule has 1 nitrogen and oxygen atoms in total. The molecule has 0 spiro atoms. The molecule has 0 saturated carbocycles. The monoisotopic (exact) mass is 346 g/mol. The van der Waals surface area contributed by atoms with Gasteiger partial charge in [0.25, 0.3) is 0 Å². The predicted octanol–water partition coefficient (Wildman–Crippen LogP) is -0.883. The smallest absolute Gasteiger partial charge is 0 e. The van der Waals surface area contributed by atoms with Gasteiger partial charge < -0.3 is 0 Å². The molecular formula is OSbSnY. The minimum absolute atomic E-state index is 0. The van der Waals surface area contributed by atoms with E-state index in [-0.39, 0.29) is 57.1 Å². The van der Waals surface area contributed by atoms with Crippen LogP contribution in [-0.2, 0) is 35.8 Å². The average molecular weight is 345 g/mol. The molecule has 4 heavy (non-hydrogen) atoms. The molecule has 6 radical (unpaired) electrons. The molecule has 0 saturated heterocycles. The van der Waals surface area contributed by atoms with E-state index in [0.29, 0.717) is 22.5 Å². The van der Waals surface area contributed by atoms with Crippen molar-refractivity contribution in [2.45, 2.75) is 0 Å². The Morgan fingerprint density at radius 3 is 1.25 bits per heavy atom. The molecule has 0 aliphatic rings. The maximum Gasteiger partial charge on any atom is 0 e. The van der Waals surface area contributed by atoms with Crippen LogP contribution < -0.4 is 0 Å². The second-order valence-corrected chi connectivity index (χ2v) is 0. The van der Waals surface area contributed by atoms with Crippen molar-refractivity contribution < 1.29 is 35.8 Å². The van der Waals surface area contributed by atoms with E-state index in [1.54, 1.807) is 0 Å². The summed E-state index contributed by atoms with van der Waals surface area (Å²) in [5.41, 5.74) is 0. The van der Waals surface area contributed by atoms with E-state index in [1.165, 1.54) is 0 Å². The summed E-state index contributed by atoms with van der Waals surface area (Å²) in [4.78, 5) is 0. The van der Waals surface area contributed by atoms with Crippen molar-refractivity contribution in [1.82, 2.24) is 0 Å². The predicted molar refractivity (Wildman–Crippen MR) is 12.2 cm³/mol. The van der Waals surface area contributed by atoms with Crippen LogP contribution in [0.5, 0.6) is 0 Å². The molecule has 0 N–H and O–H groups in total. The standard InChI is InChI=1S/O.Sb.Sn.Y. The molecule has 0 bridgehead atoms. The minimum Gasteiger partial charge on any atom is 0 e. The second kappa shape index (κ2) is 17.8. The third-order valence-corrected chi connectivity index (χ3v) is 0. The largest absolute Gasteiger partial charge is 0 e. The van der Waals surface area contributed by atoms with Gasteiger partial charge in [-0.05, 0) is 0 Å². The maximum absolute atomic E-state index is 8.34. The zero-order chi connectivity index (χ0) is 2.00. The van der Waals surface area contributed by atoms with Crippen molar-refractivity contribution in [3.05, 3.63) is 0 Å². The first-order valence-corrected chi connectivity index (χ1v) is 1.37. The Hall–Kier alpha value is 2.52. The zero-order valence-electron chi connectivity index (χ0n) is 1.93. The van der Waals surface area contributed by atoms with E-state index in [2.05, 4.69) is 0 Å². The van der Waals surface area contributed by atoms with Crippen molar-refractivity contribution in [2.75, 3.05) is 0 Å². The van der Waals surface area contributed by atoms with E-state index in [4.69, 9.17) is 3.08 Å². The van der Waals surface area contributed by atoms with Gasteiger partial charge in [0.05, 0.1) is 0 Å². The van der Waals surface area contributed by atoms with Crippen LogP contribution in [0.2, 0.25) is 0 Å². The summed E-state index contributed by atoms with van der Waals surface area (Å²) in [5.74, 6) is 0. The fourth-order valence-electron chi connectivity index (χ4n) is 0. The summed E-state index contributed by atoms with van der Waals surface area (Å²) in [7, 11) is 0. The number of hydrogen-bond donors (Lipinski definition) is 0. The first kappa shape index (κ1) is 16.0. The molecule has 0 aromatic carbocycles.